The average Bonchev–Trinajstić information content (AvgIpc) is 2.39. The molecule has 0 spiro atoms. The number of nitrogens with one attached hydrogen (secondary N) is 1. The van der Waals surface area contributed by atoms with E-state index in [0.29, 0.717) is 6.54 Å². The average molecular weight is 257 g/mol. The van der Waals surface area contributed by atoms with Crippen molar-refractivity contribution >= 4 is 5.91 Å². The van der Waals surface area contributed by atoms with E-state index >= 15 is 0 Å². The largest absolute Gasteiger partial charge is 0.342 e. The number of nitrogens with zero attached hydrogens (tertiary/aromatic N) is 2. The number of rotatable bonds is 11. The molecule has 0 unspecified atom stereocenters. The molecule has 0 aromatic carbocycles. The normalized spacial score (nSPS) is 10.9. The first-order valence-electron chi connectivity index (χ1n) is 7.40. The molecule has 0 saturated carbocycles. The smallest absolute Gasteiger partial charge is 0.236 e. The second-order valence-corrected chi connectivity index (χ2v) is 4.53. The van der Waals surface area contributed by atoms with Gasteiger partial charge in [0, 0.05) is 13.1 Å². The second kappa shape index (κ2) is 11.5. The molecule has 0 fully saturated rings. The van der Waals surface area contributed by atoms with E-state index in [1.165, 1.54) is 0 Å². The van der Waals surface area contributed by atoms with Crippen molar-refractivity contribution < 1.29 is 4.79 Å². The number of carbonyl (C=O) groups is 1. The molecule has 0 aromatic heterocycles. The van der Waals surface area contributed by atoms with Crippen LogP contribution in [-0.4, -0.2) is 61.5 Å². The number of likely N-dealkylation sites (N-methyl/N-ethyl adjacent to an activating group) is 1. The molecular weight excluding hydrogens is 226 g/mol. The van der Waals surface area contributed by atoms with Crippen molar-refractivity contribution in [1.82, 2.24) is 15.1 Å². The van der Waals surface area contributed by atoms with Crippen molar-refractivity contribution in [3.63, 3.8) is 0 Å². The Balaban J connectivity index is 3.84. The Bertz CT molecular complexity index is 205. The van der Waals surface area contributed by atoms with E-state index < -0.39 is 0 Å². The van der Waals surface area contributed by atoms with Gasteiger partial charge >= 0.3 is 0 Å². The van der Waals surface area contributed by atoms with Crippen molar-refractivity contribution in [2.75, 3.05) is 45.8 Å². The van der Waals surface area contributed by atoms with Crippen molar-refractivity contribution in [1.29, 1.82) is 0 Å². The molecule has 0 radical (unpaired) electrons. The third kappa shape index (κ3) is 7.67. The topological polar surface area (TPSA) is 35.6 Å². The first-order chi connectivity index (χ1) is 8.69. The quantitative estimate of drug-likeness (QED) is 0.571. The Morgan fingerprint density at radius 3 is 2.17 bits per heavy atom. The first kappa shape index (κ1) is 17.4. The summed E-state index contributed by atoms with van der Waals surface area (Å²) in [4.78, 5) is 16.3. The molecule has 18 heavy (non-hydrogen) atoms. The van der Waals surface area contributed by atoms with E-state index in [0.717, 1.165) is 52.1 Å². The van der Waals surface area contributed by atoms with Gasteiger partial charge in [0.2, 0.25) is 5.91 Å². The minimum atomic E-state index is 0.227. The zero-order valence-corrected chi connectivity index (χ0v) is 12.7. The summed E-state index contributed by atoms with van der Waals surface area (Å²) >= 11 is 0. The van der Waals surface area contributed by atoms with E-state index in [2.05, 4.69) is 37.9 Å². The minimum absolute atomic E-state index is 0.227. The van der Waals surface area contributed by atoms with Crippen LogP contribution in [0.2, 0.25) is 0 Å². The van der Waals surface area contributed by atoms with E-state index in [1.54, 1.807) is 0 Å². The molecule has 0 aliphatic heterocycles. The molecule has 1 N–H and O–H groups in total. The van der Waals surface area contributed by atoms with E-state index in [-0.39, 0.29) is 5.91 Å². The van der Waals surface area contributed by atoms with Crippen LogP contribution in [0.1, 0.15) is 40.5 Å². The molecule has 0 aromatic rings. The molecular formula is C14H31N3O. The van der Waals surface area contributed by atoms with Crippen LogP contribution >= 0.6 is 0 Å². The van der Waals surface area contributed by atoms with Gasteiger partial charge in [-0.05, 0) is 45.9 Å². The maximum Gasteiger partial charge on any atom is 0.236 e. The highest BCUT2D eigenvalue weighted by molar-refractivity contribution is 5.78. The molecule has 1 amide bonds. The lowest BCUT2D eigenvalue weighted by Gasteiger charge is -2.23. The molecule has 4 heteroatoms. The van der Waals surface area contributed by atoms with Crippen LogP contribution in [0.25, 0.3) is 0 Å². The lowest BCUT2D eigenvalue weighted by Crippen LogP contribution is -2.39. The first-order valence-corrected chi connectivity index (χ1v) is 7.40. The van der Waals surface area contributed by atoms with Crippen molar-refractivity contribution in [3.8, 4) is 0 Å². The highest BCUT2D eigenvalue weighted by Crippen LogP contribution is 1.96. The minimum Gasteiger partial charge on any atom is -0.342 e. The SMILES string of the molecule is CCCNCC(=O)N(CC)CCCN(CC)CC. The van der Waals surface area contributed by atoms with Crippen molar-refractivity contribution in [3.05, 3.63) is 0 Å². The molecule has 0 aliphatic rings. The summed E-state index contributed by atoms with van der Waals surface area (Å²) in [5.74, 6) is 0.227. The van der Waals surface area contributed by atoms with Crippen LogP contribution in [0.4, 0.5) is 0 Å². The van der Waals surface area contributed by atoms with E-state index in [4.69, 9.17) is 0 Å². The van der Waals surface area contributed by atoms with Gasteiger partial charge in [0.15, 0.2) is 0 Å². The fourth-order valence-electron chi connectivity index (χ4n) is 1.97. The summed E-state index contributed by atoms with van der Waals surface area (Å²) in [6, 6.07) is 0. The van der Waals surface area contributed by atoms with Crippen molar-refractivity contribution in [2.45, 2.75) is 40.5 Å². The summed E-state index contributed by atoms with van der Waals surface area (Å²) in [5, 5.41) is 3.17. The molecule has 108 valence electrons. The van der Waals surface area contributed by atoms with Gasteiger partial charge in [0.1, 0.15) is 0 Å². The number of hydrogen-bond donors (Lipinski definition) is 1. The third-order valence-electron chi connectivity index (χ3n) is 3.23. The van der Waals surface area contributed by atoms with Crippen LogP contribution in [-0.2, 0) is 4.79 Å². The van der Waals surface area contributed by atoms with Crippen molar-refractivity contribution in [2.24, 2.45) is 0 Å². The van der Waals surface area contributed by atoms with Gasteiger partial charge in [-0.25, -0.2) is 0 Å². The third-order valence-corrected chi connectivity index (χ3v) is 3.23. The Morgan fingerprint density at radius 2 is 1.67 bits per heavy atom. The number of amides is 1. The van der Waals surface area contributed by atoms with Gasteiger partial charge in [-0.2, -0.15) is 0 Å². The summed E-state index contributed by atoms with van der Waals surface area (Å²) in [7, 11) is 0. The Hall–Kier alpha value is -0.610. The number of hydrogen-bond acceptors (Lipinski definition) is 3. The van der Waals surface area contributed by atoms with Crippen LogP contribution in [0.5, 0.6) is 0 Å². The Labute approximate surface area is 113 Å². The monoisotopic (exact) mass is 257 g/mol. The maximum absolute atomic E-state index is 11.9. The fraction of sp³-hybridized carbons (Fsp3) is 0.929. The summed E-state index contributed by atoms with van der Waals surface area (Å²) in [6.45, 7) is 14.9. The molecule has 0 rings (SSSR count). The number of carbonyl (C=O) groups excluding carboxylic acids is 1. The molecule has 4 nitrogen and oxygen atoms in total. The summed E-state index contributed by atoms with van der Waals surface area (Å²) in [6.07, 6.45) is 2.14. The van der Waals surface area contributed by atoms with E-state index in [9.17, 15) is 4.79 Å². The van der Waals surface area contributed by atoms with Gasteiger partial charge in [0.05, 0.1) is 6.54 Å². The molecule has 0 heterocycles. The Kier molecular flexibility index (Phi) is 11.1. The highest BCUT2D eigenvalue weighted by atomic mass is 16.2. The van der Waals surface area contributed by atoms with Gasteiger partial charge in [-0.1, -0.05) is 20.8 Å². The summed E-state index contributed by atoms with van der Waals surface area (Å²) < 4.78 is 0. The molecule has 0 saturated heterocycles. The van der Waals surface area contributed by atoms with Crippen LogP contribution < -0.4 is 5.32 Å². The van der Waals surface area contributed by atoms with Gasteiger partial charge < -0.3 is 15.1 Å². The molecule has 0 bridgehead atoms. The van der Waals surface area contributed by atoms with Crippen LogP contribution in [0.3, 0.4) is 0 Å². The van der Waals surface area contributed by atoms with Gasteiger partial charge in [0.25, 0.3) is 0 Å². The lowest BCUT2D eigenvalue weighted by atomic mass is 10.3. The predicted octanol–water partition coefficient (Wildman–Crippen LogP) is 1.57. The molecule has 0 atom stereocenters. The van der Waals surface area contributed by atoms with Gasteiger partial charge in [-0.3, -0.25) is 4.79 Å². The van der Waals surface area contributed by atoms with Crippen LogP contribution in [0.15, 0.2) is 0 Å². The maximum atomic E-state index is 11.9. The second-order valence-electron chi connectivity index (χ2n) is 4.53. The lowest BCUT2D eigenvalue weighted by molar-refractivity contribution is -0.130. The highest BCUT2D eigenvalue weighted by Gasteiger charge is 2.10. The fourth-order valence-corrected chi connectivity index (χ4v) is 1.97. The predicted molar refractivity (Wildman–Crippen MR) is 77.8 cm³/mol. The zero-order valence-electron chi connectivity index (χ0n) is 12.7. The standard InChI is InChI=1S/C14H31N3O/c1-5-10-15-13-14(18)17(8-4)12-9-11-16(6-2)7-3/h15H,5-13H2,1-4H3. The molecule has 0 aliphatic carbocycles. The van der Waals surface area contributed by atoms with Gasteiger partial charge in [-0.15, -0.1) is 0 Å². The zero-order chi connectivity index (χ0) is 13.8. The summed E-state index contributed by atoms with van der Waals surface area (Å²) in [5.41, 5.74) is 0. The van der Waals surface area contributed by atoms with Crippen LogP contribution in [0, 0.1) is 0 Å². The Morgan fingerprint density at radius 1 is 1.00 bits per heavy atom. The van der Waals surface area contributed by atoms with E-state index in [1.807, 2.05) is 4.90 Å².